The average molecular weight is 263 g/mol. The predicted octanol–water partition coefficient (Wildman–Crippen LogP) is 4.43. The summed E-state index contributed by atoms with van der Waals surface area (Å²) in [6, 6.07) is 1.91. The zero-order valence-corrected chi connectivity index (χ0v) is 13.0. The summed E-state index contributed by atoms with van der Waals surface area (Å²) in [5.74, 6) is -0.0978. The van der Waals surface area contributed by atoms with Gasteiger partial charge in [0.2, 0.25) is 0 Å². The highest BCUT2D eigenvalue weighted by Gasteiger charge is 2.31. The van der Waals surface area contributed by atoms with E-state index in [0.717, 1.165) is 11.1 Å². The molecule has 0 aliphatic carbocycles. The number of aryl methyl sites for hydroxylation is 1. The van der Waals surface area contributed by atoms with E-state index in [0.29, 0.717) is 11.3 Å². The molecule has 0 atom stereocenters. The summed E-state index contributed by atoms with van der Waals surface area (Å²) in [5.41, 5.74) is 4.47. The number of aromatic hydroxyl groups is 2. The number of benzene rings is 1. The Balaban J connectivity index is 0.000000861. The second-order valence-electron chi connectivity index (χ2n) is 5.31. The molecular weight excluding hydrogens is 238 g/mol. The summed E-state index contributed by atoms with van der Waals surface area (Å²) in [4.78, 5) is 0. The third-order valence-electron chi connectivity index (χ3n) is 3.81. The van der Waals surface area contributed by atoms with Crippen LogP contribution in [-0.2, 0) is 0 Å². The quantitative estimate of drug-likeness (QED) is 0.607. The van der Waals surface area contributed by atoms with E-state index >= 15 is 0 Å². The minimum Gasteiger partial charge on any atom is -0.504 e. The van der Waals surface area contributed by atoms with Crippen molar-refractivity contribution in [3.05, 3.63) is 22.8 Å². The van der Waals surface area contributed by atoms with Crippen molar-refractivity contribution in [2.75, 3.05) is 5.32 Å². The highest BCUT2D eigenvalue weighted by Crippen LogP contribution is 2.47. The lowest BCUT2D eigenvalue weighted by molar-refractivity contribution is 0.401. The molecular formula is C16H25NO2. The van der Waals surface area contributed by atoms with Gasteiger partial charge in [0.25, 0.3) is 0 Å². The van der Waals surface area contributed by atoms with Crippen LogP contribution in [0.3, 0.4) is 0 Å². The van der Waals surface area contributed by atoms with Gasteiger partial charge in [0.05, 0.1) is 11.2 Å². The molecule has 3 N–H and O–H groups in total. The number of rotatable bonds is 0. The molecule has 0 saturated carbocycles. The molecule has 0 saturated heterocycles. The molecule has 19 heavy (non-hydrogen) atoms. The lowest BCUT2D eigenvalue weighted by atomic mass is 9.83. The largest absolute Gasteiger partial charge is 0.504 e. The van der Waals surface area contributed by atoms with E-state index in [-0.39, 0.29) is 17.0 Å². The van der Waals surface area contributed by atoms with Gasteiger partial charge in [-0.05, 0) is 57.4 Å². The summed E-state index contributed by atoms with van der Waals surface area (Å²) < 4.78 is 0. The summed E-state index contributed by atoms with van der Waals surface area (Å²) in [6.45, 7) is 14.0. The molecule has 0 radical (unpaired) electrons. The van der Waals surface area contributed by atoms with Gasteiger partial charge in [0.1, 0.15) is 0 Å². The van der Waals surface area contributed by atoms with Gasteiger partial charge < -0.3 is 15.5 Å². The lowest BCUT2D eigenvalue weighted by Gasteiger charge is -2.36. The molecule has 1 heterocycles. The second-order valence-corrected chi connectivity index (χ2v) is 5.31. The smallest absolute Gasteiger partial charge is 0.182 e. The first-order chi connectivity index (χ1) is 8.75. The van der Waals surface area contributed by atoms with Crippen LogP contribution in [0.2, 0.25) is 0 Å². The van der Waals surface area contributed by atoms with E-state index in [2.05, 4.69) is 26.1 Å². The van der Waals surface area contributed by atoms with Crippen LogP contribution < -0.4 is 5.32 Å². The van der Waals surface area contributed by atoms with Gasteiger partial charge in [-0.1, -0.05) is 13.8 Å². The molecule has 106 valence electrons. The Bertz CT molecular complexity index is 528. The van der Waals surface area contributed by atoms with E-state index in [4.69, 9.17) is 0 Å². The molecule has 0 bridgehead atoms. The van der Waals surface area contributed by atoms with Crippen molar-refractivity contribution in [2.24, 2.45) is 0 Å². The fourth-order valence-electron chi connectivity index (χ4n) is 2.29. The average Bonchev–Trinajstić information content (AvgIpc) is 2.38. The molecule has 3 heteroatoms. The van der Waals surface area contributed by atoms with E-state index in [1.54, 1.807) is 6.92 Å². The van der Waals surface area contributed by atoms with Crippen molar-refractivity contribution in [1.29, 1.82) is 0 Å². The molecule has 0 amide bonds. The zero-order valence-electron chi connectivity index (χ0n) is 13.0. The van der Waals surface area contributed by atoms with Crippen LogP contribution in [-0.4, -0.2) is 15.8 Å². The molecule has 0 aromatic heterocycles. The Morgan fingerprint density at radius 2 is 1.53 bits per heavy atom. The van der Waals surface area contributed by atoms with Crippen LogP contribution in [0.5, 0.6) is 11.5 Å². The topological polar surface area (TPSA) is 52.5 Å². The Labute approximate surface area is 116 Å². The number of hydrogen-bond acceptors (Lipinski definition) is 3. The van der Waals surface area contributed by atoms with Crippen molar-refractivity contribution >= 4 is 11.3 Å². The van der Waals surface area contributed by atoms with Crippen molar-refractivity contribution in [3.8, 4) is 11.5 Å². The molecule has 1 aliphatic heterocycles. The molecule has 2 rings (SSSR count). The van der Waals surface area contributed by atoms with Crippen LogP contribution in [0.1, 0.15) is 52.7 Å². The van der Waals surface area contributed by atoms with Gasteiger partial charge in [-0.25, -0.2) is 0 Å². The maximum absolute atomic E-state index is 10.0. The SMILES string of the molecule is CC.CC1=C(C)C(C)(C)Nc2c1cc(C)c(O)c2O. The minimum absolute atomic E-state index is 0.0422. The van der Waals surface area contributed by atoms with Gasteiger partial charge in [-0.3, -0.25) is 0 Å². The van der Waals surface area contributed by atoms with Gasteiger partial charge in [0, 0.05) is 5.56 Å². The molecule has 1 aliphatic rings. The maximum Gasteiger partial charge on any atom is 0.182 e. The van der Waals surface area contributed by atoms with Crippen molar-refractivity contribution in [3.63, 3.8) is 0 Å². The summed E-state index contributed by atoms with van der Waals surface area (Å²) >= 11 is 0. The molecule has 0 fully saturated rings. The zero-order chi connectivity index (χ0) is 15.0. The number of anilines is 1. The predicted molar refractivity (Wildman–Crippen MR) is 81.8 cm³/mol. The van der Waals surface area contributed by atoms with Gasteiger partial charge in [0.15, 0.2) is 11.5 Å². The minimum atomic E-state index is -0.212. The maximum atomic E-state index is 10.0. The van der Waals surface area contributed by atoms with E-state index in [1.807, 2.05) is 26.8 Å². The molecule has 3 nitrogen and oxygen atoms in total. The highest BCUT2D eigenvalue weighted by molar-refractivity contribution is 5.87. The first-order valence-corrected chi connectivity index (χ1v) is 6.77. The molecule has 1 aromatic carbocycles. The van der Waals surface area contributed by atoms with Crippen LogP contribution in [0.15, 0.2) is 11.6 Å². The number of nitrogens with one attached hydrogen (secondary N) is 1. The van der Waals surface area contributed by atoms with E-state index in [9.17, 15) is 10.2 Å². The van der Waals surface area contributed by atoms with Crippen molar-refractivity contribution in [1.82, 2.24) is 0 Å². The summed E-state index contributed by atoms with van der Waals surface area (Å²) in [6.07, 6.45) is 0. The van der Waals surface area contributed by atoms with Gasteiger partial charge in [-0.2, -0.15) is 0 Å². The Morgan fingerprint density at radius 3 is 2.05 bits per heavy atom. The molecule has 0 spiro atoms. The third kappa shape index (κ3) is 2.42. The highest BCUT2D eigenvalue weighted by atomic mass is 16.3. The van der Waals surface area contributed by atoms with Crippen molar-refractivity contribution < 1.29 is 10.2 Å². The number of allylic oxidation sites excluding steroid dienone is 1. The van der Waals surface area contributed by atoms with Gasteiger partial charge in [-0.15, -0.1) is 0 Å². The monoisotopic (exact) mass is 263 g/mol. The van der Waals surface area contributed by atoms with Crippen molar-refractivity contribution in [2.45, 2.75) is 54.0 Å². The second kappa shape index (κ2) is 5.16. The van der Waals surface area contributed by atoms with Crippen LogP contribution in [0.25, 0.3) is 5.57 Å². The molecule has 1 aromatic rings. The number of phenolic OH excluding ortho intramolecular Hbond substituents is 2. The first kappa shape index (κ1) is 15.4. The first-order valence-electron chi connectivity index (χ1n) is 6.77. The Hall–Kier alpha value is -1.64. The van der Waals surface area contributed by atoms with E-state index in [1.165, 1.54) is 5.57 Å². The summed E-state index contributed by atoms with van der Waals surface area (Å²) in [5, 5.41) is 23.1. The standard InChI is InChI=1S/C14H19NO2.C2H6/c1-7-6-10-8(2)9(3)14(4,5)15-11(10)13(17)12(7)16;1-2/h6,15-17H,1-5H3;1-2H3. The number of fused-ring (bicyclic) bond motifs is 1. The molecule has 0 unspecified atom stereocenters. The van der Waals surface area contributed by atoms with Crippen LogP contribution >= 0.6 is 0 Å². The number of phenols is 2. The van der Waals surface area contributed by atoms with Crippen LogP contribution in [0, 0.1) is 6.92 Å². The Morgan fingerprint density at radius 1 is 1.00 bits per heavy atom. The fraction of sp³-hybridized carbons (Fsp3) is 0.500. The van der Waals surface area contributed by atoms with Gasteiger partial charge >= 0.3 is 0 Å². The van der Waals surface area contributed by atoms with E-state index < -0.39 is 0 Å². The number of hydrogen-bond donors (Lipinski definition) is 3. The summed E-state index contributed by atoms with van der Waals surface area (Å²) in [7, 11) is 0. The normalized spacial score (nSPS) is 16.2. The lowest BCUT2D eigenvalue weighted by Crippen LogP contribution is -2.35. The van der Waals surface area contributed by atoms with Crippen LogP contribution in [0.4, 0.5) is 5.69 Å². The third-order valence-corrected chi connectivity index (χ3v) is 3.81. The fourth-order valence-corrected chi connectivity index (χ4v) is 2.29. The Kier molecular flexibility index (Phi) is 4.18.